The lowest BCUT2D eigenvalue weighted by atomic mass is 10.2. The maximum absolute atomic E-state index is 11.3. The molecule has 13 heavy (non-hydrogen) atoms. The van der Waals surface area contributed by atoms with Crippen molar-refractivity contribution in [3.05, 3.63) is 33.2 Å². The predicted molar refractivity (Wildman–Crippen MR) is 57.2 cm³/mol. The topological polar surface area (TPSA) is 22.0 Å². The summed E-state index contributed by atoms with van der Waals surface area (Å²) in [5.74, 6) is 0. The van der Waals surface area contributed by atoms with E-state index in [4.69, 9.17) is 0 Å². The first kappa shape index (κ1) is 11.9. The summed E-state index contributed by atoms with van der Waals surface area (Å²) in [6.45, 7) is 9.81. The van der Waals surface area contributed by atoms with E-state index in [0.717, 1.165) is 11.3 Å². The zero-order valence-electron chi connectivity index (χ0n) is 9.43. The number of nitrogens with zero attached hydrogens (tertiary/aromatic N) is 1. The zero-order valence-corrected chi connectivity index (χ0v) is 9.43. The lowest BCUT2D eigenvalue weighted by Crippen LogP contribution is -2.21. The fourth-order valence-corrected chi connectivity index (χ4v) is 1.17. The van der Waals surface area contributed by atoms with E-state index in [1.165, 1.54) is 5.56 Å². The Morgan fingerprint density at radius 2 is 1.54 bits per heavy atom. The summed E-state index contributed by atoms with van der Waals surface area (Å²) in [5.41, 5.74) is 3.13. The normalized spacial score (nSPS) is 9.08. The third-order valence-corrected chi connectivity index (χ3v) is 2.15. The second-order valence-corrected chi connectivity index (χ2v) is 2.96. The SMILES string of the molecule is CC.Cc1cc(C)c(=O)n(C)c1C. The molecule has 1 rings (SSSR count). The van der Waals surface area contributed by atoms with Crippen molar-refractivity contribution >= 4 is 0 Å². The Bertz CT molecular complexity index is 337. The van der Waals surface area contributed by atoms with E-state index < -0.39 is 0 Å². The van der Waals surface area contributed by atoms with Gasteiger partial charge >= 0.3 is 0 Å². The third kappa shape index (κ3) is 2.44. The minimum absolute atomic E-state index is 0.105. The van der Waals surface area contributed by atoms with E-state index in [1.807, 2.05) is 40.7 Å². The molecule has 0 bridgehead atoms. The Morgan fingerprint density at radius 1 is 1.08 bits per heavy atom. The van der Waals surface area contributed by atoms with Crippen LogP contribution in [0.4, 0.5) is 0 Å². The van der Waals surface area contributed by atoms with Gasteiger partial charge in [0.25, 0.3) is 5.56 Å². The summed E-state index contributed by atoms with van der Waals surface area (Å²) in [5, 5.41) is 0. The number of aryl methyl sites for hydroxylation is 2. The molecule has 74 valence electrons. The highest BCUT2D eigenvalue weighted by molar-refractivity contribution is 5.23. The molecule has 0 unspecified atom stereocenters. The molecule has 0 saturated carbocycles. The van der Waals surface area contributed by atoms with E-state index in [1.54, 1.807) is 11.6 Å². The molecule has 0 aliphatic rings. The van der Waals surface area contributed by atoms with Crippen LogP contribution in [0.3, 0.4) is 0 Å². The van der Waals surface area contributed by atoms with Crippen molar-refractivity contribution in [3.63, 3.8) is 0 Å². The molecular weight excluding hydrogens is 162 g/mol. The number of hydrogen-bond acceptors (Lipinski definition) is 1. The monoisotopic (exact) mass is 181 g/mol. The van der Waals surface area contributed by atoms with E-state index in [2.05, 4.69) is 0 Å². The minimum atomic E-state index is 0.105. The first-order valence-corrected chi connectivity index (χ1v) is 4.68. The largest absolute Gasteiger partial charge is 0.316 e. The van der Waals surface area contributed by atoms with Crippen LogP contribution in [-0.4, -0.2) is 4.57 Å². The smallest absolute Gasteiger partial charge is 0.253 e. The quantitative estimate of drug-likeness (QED) is 0.602. The number of rotatable bonds is 0. The summed E-state index contributed by atoms with van der Waals surface area (Å²) in [7, 11) is 1.80. The lowest BCUT2D eigenvalue weighted by molar-refractivity contribution is 0.798. The molecule has 0 N–H and O–H groups in total. The molecule has 0 radical (unpaired) electrons. The maximum atomic E-state index is 11.3. The Kier molecular flexibility index (Phi) is 4.46. The minimum Gasteiger partial charge on any atom is -0.316 e. The Morgan fingerprint density at radius 3 is 2.00 bits per heavy atom. The summed E-state index contributed by atoms with van der Waals surface area (Å²) in [6, 6.07) is 1.93. The Labute approximate surface area is 80.2 Å². The molecule has 0 atom stereocenters. The molecule has 0 spiro atoms. The average molecular weight is 181 g/mol. The average Bonchev–Trinajstić information content (AvgIpc) is 2.15. The van der Waals surface area contributed by atoms with E-state index in [-0.39, 0.29) is 5.56 Å². The van der Waals surface area contributed by atoms with Crippen LogP contribution in [0.15, 0.2) is 10.9 Å². The molecule has 1 aromatic heterocycles. The van der Waals surface area contributed by atoms with Crippen molar-refractivity contribution in [1.82, 2.24) is 4.57 Å². The molecule has 0 saturated heterocycles. The highest BCUT2D eigenvalue weighted by Gasteiger charge is 2.01. The van der Waals surface area contributed by atoms with Gasteiger partial charge in [0.1, 0.15) is 0 Å². The van der Waals surface area contributed by atoms with Gasteiger partial charge in [-0.15, -0.1) is 0 Å². The molecular formula is C11H19NO. The van der Waals surface area contributed by atoms with Crippen LogP contribution >= 0.6 is 0 Å². The summed E-state index contributed by atoms with van der Waals surface area (Å²) < 4.78 is 1.69. The standard InChI is InChI=1S/C9H13NO.C2H6/c1-6-5-7(2)9(11)10(4)8(6)3;1-2/h5H,1-4H3;1-2H3. The van der Waals surface area contributed by atoms with E-state index >= 15 is 0 Å². The van der Waals surface area contributed by atoms with Gasteiger partial charge in [-0.1, -0.05) is 13.8 Å². The van der Waals surface area contributed by atoms with E-state index in [9.17, 15) is 4.79 Å². The van der Waals surface area contributed by atoms with Crippen LogP contribution in [0.1, 0.15) is 30.7 Å². The van der Waals surface area contributed by atoms with Gasteiger partial charge < -0.3 is 4.57 Å². The van der Waals surface area contributed by atoms with Crippen molar-refractivity contribution in [2.24, 2.45) is 7.05 Å². The first-order valence-electron chi connectivity index (χ1n) is 4.68. The molecule has 0 aromatic carbocycles. The lowest BCUT2D eigenvalue weighted by Gasteiger charge is -2.07. The van der Waals surface area contributed by atoms with Crippen LogP contribution in [0.2, 0.25) is 0 Å². The maximum Gasteiger partial charge on any atom is 0.253 e. The molecule has 0 amide bonds. The molecule has 0 aliphatic heterocycles. The van der Waals surface area contributed by atoms with Crippen LogP contribution in [0.25, 0.3) is 0 Å². The number of hydrogen-bond donors (Lipinski definition) is 0. The molecule has 2 nitrogen and oxygen atoms in total. The molecule has 1 aromatic rings. The van der Waals surface area contributed by atoms with Gasteiger partial charge in [-0.3, -0.25) is 4.79 Å². The van der Waals surface area contributed by atoms with Crippen LogP contribution in [0.5, 0.6) is 0 Å². The molecule has 0 fully saturated rings. The van der Waals surface area contributed by atoms with Gasteiger partial charge in [-0.25, -0.2) is 0 Å². The second kappa shape index (κ2) is 4.85. The second-order valence-electron chi connectivity index (χ2n) is 2.96. The van der Waals surface area contributed by atoms with Crippen molar-refractivity contribution < 1.29 is 0 Å². The van der Waals surface area contributed by atoms with Gasteiger partial charge in [0.2, 0.25) is 0 Å². The van der Waals surface area contributed by atoms with Crippen LogP contribution in [-0.2, 0) is 7.05 Å². The number of pyridine rings is 1. The van der Waals surface area contributed by atoms with E-state index in [0.29, 0.717) is 0 Å². The Balaban J connectivity index is 0.000000671. The van der Waals surface area contributed by atoms with Crippen LogP contribution < -0.4 is 5.56 Å². The molecule has 2 heteroatoms. The number of aromatic nitrogens is 1. The summed E-state index contributed by atoms with van der Waals surface area (Å²) in [6.07, 6.45) is 0. The van der Waals surface area contributed by atoms with Crippen molar-refractivity contribution in [2.75, 3.05) is 0 Å². The van der Waals surface area contributed by atoms with Gasteiger partial charge in [0.05, 0.1) is 0 Å². The van der Waals surface area contributed by atoms with Gasteiger partial charge in [-0.05, 0) is 32.4 Å². The van der Waals surface area contributed by atoms with Crippen molar-refractivity contribution in [1.29, 1.82) is 0 Å². The summed E-state index contributed by atoms with van der Waals surface area (Å²) in [4.78, 5) is 11.3. The van der Waals surface area contributed by atoms with Gasteiger partial charge in [-0.2, -0.15) is 0 Å². The first-order chi connectivity index (χ1) is 6.04. The third-order valence-electron chi connectivity index (χ3n) is 2.15. The fourth-order valence-electron chi connectivity index (χ4n) is 1.17. The summed E-state index contributed by atoms with van der Waals surface area (Å²) >= 11 is 0. The predicted octanol–water partition coefficient (Wildman–Crippen LogP) is 2.34. The van der Waals surface area contributed by atoms with Crippen molar-refractivity contribution in [2.45, 2.75) is 34.6 Å². The molecule has 0 aliphatic carbocycles. The Hall–Kier alpha value is -1.05. The van der Waals surface area contributed by atoms with Gasteiger partial charge in [0, 0.05) is 18.3 Å². The van der Waals surface area contributed by atoms with Gasteiger partial charge in [0.15, 0.2) is 0 Å². The highest BCUT2D eigenvalue weighted by Crippen LogP contribution is 2.03. The van der Waals surface area contributed by atoms with Crippen LogP contribution in [0, 0.1) is 20.8 Å². The highest BCUT2D eigenvalue weighted by atomic mass is 16.1. The molecule has 1 heterocycles. The zero-order chi connectivity index (χ0) is 10.6. The fraction of sp³-hybridized carbons (Fsp3) is 0.545. The van der Waals surface area contributed by atoms with Crippen molar-refractivity contribution in [3.8, 4) is 0 Å².